The van der Waals surface area contributed by atoms with Gasteiger partial charge in [0.25, 0.3) is 0 Å². The fourth-order valence-corrected chi connectivity index (χ4v) is 9.70. The second-order valence-corrected chi connectivity index (χ2v) is 18.8. The van der Waals surface area contributed by atoms with E-state index in [9.17, 15) is 9.59 Å². The lowest BCUT2D eigenvalue weighted by atomic mass is 10.0. The summed E-state index contributed by atoms with van der Waals surface area (Å²) < 4.78 is 39.2. The van der Waals surface area contributed by atoms with E-state index in [4.69, 9.17) is 14.2 Å². The maximum Gasteiger partial charge on any atom is 0.329 e. The molecule has 10 rings (SSSR count). The Morgan fingerprint density at radius 1 is 0.710 bits per heavy atom. The van der Waals surface area contributed by atoms with E-state index in [0.29, 0.717) is 54.8 Å². The maximum absolute atomic E-state index is 15.1. The fourth-order valence-electron chi connectivity index (χ4n) is 9.70. The average Bonchev–Trinajstić information content (AvgIpc) is 3.79. The van der Waals surface area contributed by atoms with Gasteiger partial charge in [0, 0.05) is 111 Å². The quantitative estimate of drug-likeness (QED) is 0.0970. The number of hydrogen-bond donors (Lipinski definition) is 0. The molecule has 0 aliphatic carbocycles. The first-order valence-corrected chi connectivity index (χ1v) is 24.3. The molecule has 2 aliphatic heterocycles. The number of nitrogens with zero attached hydrogens (tertiary/aromatic N) is 10. The Hall–Kier alpha value is -6.49. The summed E-state index contributed by atoms with van der Waals surface area (Å²) in [7, 11) is 7.66. The zero-order valence-corrected chi connectivity index (χ0v) is 40.7. The third-order valence-corrected chi connectivity index (χ3v) is 13.4. The van der Waals surface area contributed by atoms with Gasteiger partial charge in [-0.05, 0) is 115 Å². The summed E-state index contributed by atoms with van der Waals surface area (Å²) in [5.74, 6) is 0.786. The SMILES string of the molecule is CC(C)n1c(=O)n(C)c2cnc3cc(F)c(-c4ccc(OCCCN5CCCCC5)nc4)cc3c21.CN(C)CCCOc1ccc(-c2ccc3ncc4c(c3c2)n(C2CCOCC2)c(=O)n4C)cn1. The van der Waals surface area contributed by atoms with Gasteiger partial charge in [0.15, 0.2) is 0 Å². The second-order valence-electron chi connectivity index (χ2n) is 18.8. The lowest BCUT2D eigenvalue weighted by Crippen LogP contribution is -2.31. The number of benzene rings is 2. The number of halogens is 1. The first-order chi connectivity index (χ1) is 33.5. The van der Waals surface area contributed by atoms with E-state index in [-0.39, 0.29) is 29.3 Å². The minimum atomic E-state index is -0.379. The van der Waals surface area contributed by atoms with Crippen molar-refractivity contribution in [2.24, 2.45) is 14.1 Å². The molecule has 0 radical (unpaired) electrons. The molecule has 0 amide bonds. The van der Waals surface area contributed by atoms with Crippen molar-refractivity contribution in [1.29, 1.82) is 0 Å². The molecule has 6 aromatic heterocycles. The van der Waals surface area contributed by atoms with Crippen LogP contribution in [0.25, 0.3) is 66.1 Å². The molecule has 0 saturated carbocycles. The van der Waals surface area contributed by atoms with Crippen molar-refractivity contribution in [3.8, 4) is 34.0 Å². The van der Waals surface area contributed by atoms with E-state index in [1.165, 1.54) is 38.4 Å². The molecule has 15 nitrogen and oxygen atoms in total. The Labute approximate surface area is 401 Å². The Morgan fingerprint density at radius 2 is 1.33 bits per heavy atom. The van der Waals surface area contributed by atoms with Gasteiger partial charge in [0.05, 0.1) is 58.7 Å². The van der Waals surface area contributed by atoms with Crippen molar-refractivity contribution in [1.82, 2.24) is 48.0 Å². The number of hydrogen-bond acceptors (Lipinski definition) is 11. The van der Waals surface area contributed by atoms with E-state index in [1.54, 1.807) is 51.5 Å². The summed E-state index contributed by atoms with van der Waals surface area (Å²) in [4.78, 5) is 48.6. The largest absolute Gasteiger partial charge is 0.478 e. The molecular formula is C53H63FN10O5. The van der Waals surface area contributed by atoms with Gasteiger partial charge in [-0.15, -0.1) is 0 Å². The van der Waals surface area contributed by atoms with Crippen molar-refractivity contribution in [3.63, 3.8) is 0 Å². The van der Waals surface area contributed by atoms with Crippen molar-refractivity contribution in [2.75, 3.05) is 66.7 Å². The van der Waals surface area contributed by atoms with Gasteiger partial charge in [0.2, 0.25) is 11.8 Å². The second kappa shape index (κ2) is 21.0. The Bertz CT molecular complexity index is 3180. The van der Waals surface area contributed by atoms with Crippen LogP contribution in [-0.4, -0.2) is 115 Å². The van der Waals surface area contributed by atoms with Crippen LogP contribution in [-0.2, 0) is 18.8 Å². The number of pyridine rings is 4. The van der Waals surface area contributed by atoms with Gasteiger partial charge >= 0.3 is 11.4 Å². The van der Waals surface area contributed by atoms with Gasteiger partial charge in [0.1, 0.15) is 5.82 Å². The highest BCUT2D eigenvalue weighted by Crippen LogP contribution is 2.34. The van der Waals surface area contributed by atoms with Crippen LogP contribution in [0.2, 0.25) is 0 Å². The number of fused-ring (bicyclic) bond motifs is 6. The summed E-state index contributed by atoms with van der Waals surface area (Å²) in [5.41, 5.74) is 7.65. The molecule has 362 valence electrons. The van der Waals surface area contributed by atoms with Crippen LogP contribution in [0.1, 0.15) is 70.9 Å². The first kappa shape index (κ1) is 47.6. The lowest BCUT2D eigenvalue weighted by molar-refractivity contribution is 0.0697. The van der Waals surface area contributed by atoms with Crippen molar-refractivity contribution in [2.45, 2.75) is 70.9 Å². The van der Waals surface area contributed by atoms with Crippen LogP contribution >= 0.6 is 0 Å². The molecule has 8 heterocycles. The highest BCUT2D eigenvalue weighted by atomic mass is 19.1. The maximum atomic E-state index is 15.1. The minimum absolute atomic E-state index is 0.000891. The molecule has 0 bridgehead atoms. The van der Waals surface area contributed by atoms with Crippen LogP contribution in [0.5, 0.6) is 11.8 Å². The molecule has 2 aliphatic rings. The van der Waals surface area contributed by atoms with E-state index in [1.807, 2.05) is 55.9 Å². The van der Waals surface area contributed by atoms with Crippen LogP contribution in [0, 0.1) is 5.82 Å². The van der Waals surface area contributed by atoms with Gasteiger partial charge in [-0.3, -0.25) is 28.2 Å². The predicted molar refractivity (Wildman–Crippen MR) is 270 cm³/mol. The number of piperidine rings is 1. The average molecular weight is 939 g/mol. The van der Waals surface area contributed by atoms with Crippen LogP contribution in [0.3, 0.4) is 0 Å². The predicted octanol–water partition coefficient (Wildman–Crippen LogP) is 8.56. The fraction of sp³-hybridized carbons (Fsp3) is 0.434. The van der Waals surface area contributed by atoms with Crippen molar-refractivity contribution < 1.29 is 18.6 Å². The highest BCUT2D eigenvalue weighted by molar-refractivity contribution is 6.05. The van der Waals surface area contributed by atoms with Gasteiger partial charge in [-0.25, -0.2) is 23.9 Å². The topological polar surface area (TPSA) is 140 Å². The molecule has 0 atom stereocenters. The standard InChI is InChI=1S/C27H32FN5O2.C26H31N5O3/c1-18(2)33-26-21-14-20(22(28)15-23(21)29-17-24(26)31(3)27(33)34)19-8-9-25(30-16-19)35-13-7-12-32-10-5-4-6-11-32;1-29(2)11-4-12-34-24-8-6-19(16-28-24)18-5-7-22-21(15-18)25-23(17-27-22)30(3)26(32)31(25)20-9-13-33-14-10-20/h8-9,14-18H,4-7,10-13H2,1-3H3;5-8,15-17,20H,4,9-14H2,1-3H3. The molecule has 69 heavy (non-hydrogen) atoms. The molecular weight excluding hydrogens is 876 g/mol. The highest BCUT2D eigenvalue weighted by Gasteiger charge is 2.24. The van der Waals surface area contributed by atoms with Crippen LogP contribution in [0.4, 0.5) is 4.39 Å². The number of imidazole rings is 2. The molecule has 2 fully saturated rings. The summed E-state index contributed by atoms with van der Waals surface area (Å²) >= 11 is 0. The summed E-state index contributed by atoms with van der Waals surface area (Å²) in [6.45, 7) is 10.9. The molecule has 0 N–H and O–H groups in total. The van der Waals surface area contributed by atoms with Crippen LogP contribution < -0.4 is 20.9 Å². The minimum Gasteiger partial charge on any atom is -0.478 e. The first-order valence-electron chi connectivity index (χ1n) is 24.3. The number of aryl methyl sites for hydroxylation is 2. The Morgan fingerprint density at radius 3 is 2.00 bits per heavy atom. The normalized spacial score (nSPS) is 14.9. The molecule has 0 spiro atoms. The monoisotopic (exact) mass is 938 g/mol. The molecule has 2 aromatic carbocycles. The molecule has 16 heteroatoms. The lowest BCUT2D eigenvalue weighted by Gasteiger charge is -2.26. The third-order valence-electron chi connectivity index (χ3n) is 13.4. The molecule has 8 aromatic rings. The van der Waals surface area contributed by atoms with E-state index in [0.717, 1.165) is 88.3 Å². The number of aromatic nitrogens is 8. The van der Waals surface area contributed by atoms with Gasteiger partial charge < -0.3 is 24.0 Å². The number of ether oxygens (including phenoxy) is 3. The van der Waals surface area contributed by atoms with Crippen molar-refractivity contribution in [3.05, 3.63) is 106 Å². The van der Waals surface area contributed by atoms with Crippen LogP contribution in [0.15, 0.2) is 89.0 Å². The number of rotatable bonds is 14. The van der Waals surface area contributed by atoms with E-state index < -0.39 is 0 Å². The van der Waals surface area contributed by atoms with E-state index in [2.05, 4.69) is 56.0 Å². The Balaban J connectivity index is 0.000000172. The molecule has 0 unspecified atom stereocenters. The van der Waals surface area contributed by atoms with E-state index >= 15 is 4.39 Å². The Kier molecular flexibility index (Phi) is 14.5. The smallest absolute Gasteiger partial charge is 0.329 e. The zero-order chi connectivity index (χ0) is 48.2. The third kappa shape index (κ3) is 10.1. The van der Waals surface area contributed by atoms with Crippen molar-refractivity contribution >= 4 is 43.9 Å². The summed E-state index contributed by atoms with van der Waals surface area (Å²) in [6, 6.07) is 17.0. The zero-order valence-electron chi connectivity index (χ0n) is 40.7. The summed E-state index contributed by atoms with van der Waals surface area (Å²) in [6.07, 6.45) is 14.4. The molecule has 2 saturated heterocycles. The van der Waals surface area contributed by atoms with Gasteiger partial charge in [-0.1, -0.05) is 12.5 Å². The summed E-state index contributed by atoms with van der Waals surface area (Å²) in [5, 5.41) is 1.71. The van der Waals surface area contributed by atoms with Gasteiger partial charge in [-0.2, -0.15) is 0 Å². The number of likely N-dealkylation sites (tertiary alicyclic amines) is 1.